The third-order valence-electron chi connectivity index (χ3n) is 6.61. The zero-order valence-corrected chi connectivity index (χ0v) is 23.2. The second-order valence-electron chi connectivity index (χ2n) is 9.20. The highest BCUT2D eigenvalue weighted by atomic mass is 32.3. The molecule has 0 heterocycles. The van der Waals surface area contributed by atoms with E-state index in [1.807, 2.05) is 146 Å². The summed E-state index contributed by atoms with van der Waals surface area (Å²) in [5.41, 5.74) is 1.73. The molecule has 0 bridgehead atoms. The molecular formula is C34H27NO3S2. The van der Waals surface area contributed by atoms with Crippen LogP contribution in [0.4, 0.5) is 11.4 Å². The summed E-state index contributed by atoms with van der Waals surface area (Å²) in [6.07, 6.45) is 0. The molecule has 6 aromatic rings. The number of para-hydroxylation sites is 1. The second kappa shape index (κ2) is 11.0. The molecule has 0 saturated heterocycles. The number of hydrogen-bond donors (Lipinski definition) is 1. The Morgan fingerprint density at radius 3 is 1.50 bits per heavy atom. The Morgan fingerprint density at radius 2 is 0.975 bits per heavy atom. The van der Waals surface area contributed by atoms with Gasteiger partial charge in [0.15, 0.2) is 0 Å². The number of nitrogens with one attached hydrogen (secondary N) is 1. The standard InChI is InChI=1S/C34H27NO3S2/c36-40(37,32-25-24-27-14-13-23-34(33(27)26-32)35-28-15-5-1-6-16-28)38-39(29-17-7-2-8-18-29,30-19-9-3-10-20-30)31-21-11-4-12-22-31/h1-26,35H. The van der Waals surface area contributed by atoms with Crippen LogP contribution in [0.5, 0.6) is 0 Å². The average molecular weight is 562 g/mol. The van der Waals surface area contributed by atoms with Gasteiger partial charge in [0.1, 0.15) is 0 Å². The van der Waals surface area contributed by atoms with Gasteiger partial charge in [-0.25, -0.2) is 3.63 Å². The van der Waals surface area contributed by atoms with Gasteiger partial charge in [0.25, 0.3) is 0 Å². The smallest absolute Gasteiger partial charge is 0.307 e. The largest absolute Gasteiger partial charge is 0.355 e. The van der Waals surface area contributed by atoms with Crippen LogP contribution in [0.1, 0.15) is 0 Å². The zero-order valence-electron chi connectivity index (χ0n) is 21.6. The van der Waals surface area contributed by atoms with Crippen molar-refractivity contribution in [1.82, 2.24) is 0 Å². The SMILES string of the molecule is O=S(=O)(OS(c1ccccc1)(c1ccccc1)c1ccccc1)c1ccc2cccc(Nc3ccccc3)c2c1. The van der Waals surface area contributed by atoms with E-state index in [1.165, 1.54) is 0 Å². The summed E-state index contributed by atoms with van der Waals surface area (Å²) in [5, 5.41) is 5.13. The van der Waals surface area contributed by atoms with Gasteiger partial charge in [0.2, 0.25) is 0 Å². The molecule has 0 radical (unpaired) electrons. The number of benzene rings is 6. The van der Waals surface area contributed by atoms with Crippen molar-refractivity contribution in [2.45, 2.75) is 19.6 Å². The van der Waals surface area contributed by atoms with Crippen molar-refractivity contribution in [2.75, 3.05) is 5.32 Å². The topological polar surface area (TPSA) is 55.4 Å². The van der Waals surface area contributed by atoms with Crippen molar-refractivity contribution in [3.8, 4) is 0 Å². The number of anilines is 2. The summed E-state index contributed by atoms with van der Waals surface area (Å²) in [4.78, 5) is 2.48. The highest BCUT2D eigenvalue weighted by Gasteiger charge is 2.38. The van der Waals surface area contributed by atoms with Crippen molar-refractivity contribution in [3.05, 3.63) is 158 Å². The lowest BCUT2D eigenvalue weighted by atomic mass is 10.1. The summed E-state index contributed by atoms with van der Waals surface area (Å²) in [7, 11) is -6.89. The second-order valence-corrected chi connectivity index (χ2v) is 13.6. The predicted molar refractivity (Wildman–Crippen MR) is 164 cm³/mol. The lowest BCUT2D eigenvalue weighted by Gasteiger charge is -2.39. The Balaban J connectivity index is 1.51. The average Bonchev–Trinajstić information content (AvgIpc) is 3.02. The monoisotopic (exact) mass is 561 g/mol. The fraction of sp³-hybridized carbons (Fsp3) is 0. The minimum Gasteiger partial charge on any atom is -0.355 e. The predicted octanol–water partition coefficient (Wildman–Crippen LogP) is 9.19. The zero-order chi connectivity index (χ0) is 27.4. The molecule has 0 aliphatic heterocycles. The molecule has 6 rings (SSSR count). The van der Waals surface area contributed by atoms with E-state index >= 15 is 0 Å². The van der Waals surface area contributed by atoms with Crippen molar-refractivity contribution in [2.24, 2.45) is 0 Å². The molecule has 0 unspecified atom stereocenters. The molecule has 0 saturated carbocycles. The van der Waals surface area contributed by atoms with Crippen LogP contribution in [0, 0.1) is 0 Å². The molecule has 40 heavy (non-hydrogen) atoms. The summed E-state index contributed by atoms with van der Waals surface area (Å²) in [6.45, 7) is 0. The lowest BCUT2D eigenvalue weighted by molar-refractivity contribution is 0.508. The minimum absolute atomic E-state index is 0.0991. The summed E-state index contributed by atoms with van der Waals surface area (Å²) >= 11 is 0. The van der Waals surface area contributed by atoms with Gasteiger partial charge in [0.05, 0.1) is 4.90 Å². The van der Waals surface area contributed by atoms with Crippen LogP contribution in [0.2, 0.25) is 0 Å². The third-order valence-corrected chi connectivity index (χ3v) is 11.8. The maximum atomic E-state index is 14.3. The molecule has 6 aromatic carbocycles. The van der Waals surface area contributed by atoms with E-state index < -0.39 is 20.4 Å². The first-order valence-electron chi connectivity index (χ1n) is 12.9. The van der Waals surface area contributed by atoms with E-state index in [1.54, 1.807) is 12.1 Å². The van der Waals surface area contributed by atoms with Crippen LogP contribution in [-0.2, 0) is 13.7 Å². The van der Waals surface area contributed by atoms with Gasteiger partial charge in [-0.2, -0.15) is 8.42 Å². The fourth-order valence-electron chi connectivity index (χ4n) is 4.73. The van der Waals surface area contributed by atoms with Crippen LogP contribution in [0.15, 0.2) is 177 Å². The number of hydrogen-bond acceptors (Lipinski definition) is 4. The van der Waals surface area contributed by atoms with E-state index in [4.69, 9.17) is 3.63 Å². The minimum atomic E-state index is -4.23. The molecule has 0 aliphatic rings. The van der Waals surface area contributed by atoms with E-state index in [9.17, 15) is 8.42 Å². The summed E-state index contributed by atoms with van der Waals surface area (Å²) < 4.78 is 35.0. The molecule has 4 nitrogen and oxygen atoms in total. The van der Waals surface area contributed by atoms with E-state index in [0.717, 1.165) is 36.8 Å². The Hall–Kier alpha value is -4.36. The third kappa shape index (κ3) is 5.00. The van der Waals surface area contributed by atoms with Crippen molar-refractivity contribution in [3.63, 3.8) is 0 Å². The van der Waals surface area contributed by atoms with Gasteiger partial charge in [-0.05, 0) is 82.4 Å². The Morgan fingerprint density at radius 1 is 0.475 bits per heavy atom. The van der Waals surface area contributed by atoms with Gasteiger partial charge < -0.3 is 5.32 Å². The van der Waals surface area contributed by atoms with Crippen molar-refractivity contribution >= 4 is 42.6 Å². The lowest BCUT2D eigenvalue weighted by Crippen LogP contribution is -2.14. The highest BCUT2D eigenvalue weighted by molar-refractivity contribution is 8.33. The highest BCUT2D eigenvalue weighted by Crippen LogP contribution is 2.70. The first-order valence-corrected chi connectivity index (χ1v) is 15.8. The van der Waals surface area contributed by atoms with Gasteiger partial charge in [-0.1, -0.05) is 91.0 Å². The van der Waals surface area contributed by atoms with Crippen LogP contribution in [-0.4, -0.2) is 8.42 Å². The van der Waals surface area contributed by atoms with E-state index in [-0.39, 0.29) is 4.90 Å². The Bertz CT molecular complexity index is 1750. The van der Waals surface area contributed by atoms with Gasteiger partial charge in [0, 0.05) is 31.4 Å². The van der Waals surface area contributed by atoms with Crippen molar-refractivity contribution < 1.29 is 12.0 Å². The molecule has 0 fully saturated rings. The number of fused-ring (bicyclic) bond motifs is 1. The van der Waals surface area contributed by atoms with Crippen molar-refractivity contribution in [1.29, 1.82) is 0 Å². The van der Waals surface area contributed by atoms with E-state index in [0.29, 0.717) is 0 Å². The normalized spacial score (nSPS) is 12.2. The first-order chi connectivity index (χ1) is 19.6. The van der Waals surface area contributed by atoms with Gasteiger partial charge >= 0.3 is 10.1 Å². The molecule has 6 heteroatoms. The summed E-state index contributed by atoms with van der Waals surface area (Å²) in [6, 6.07) is 49.7. The molecule has 0 aromatic heterocycles. The van der Waals surface area contributed by atoms with Gasteiger partial charge in [-0.3, -0.25) is 0 Å². The number of rotatable bonds is 8. The maximum Gasteiger partial charge on any atom is 0.307 e. The Kier molecular flexibility index (Phi) is 7.13. The molecule has 0 aliphatic carbocycles. The van der Waals surface area contributed by atoms with Crippen LogP contribution >= 0.6 is 10.3 Å². The molecule has 198 valence electrons. The molecular weight excluding hydrogens is 535 g/mol. The fourth-order valence-corrected chi connectivity index (χ4v) is 10.00. The van der Waals surface area contributed by atoms with Crippen LogP contribution in [0.3, 0.4) is 0 Å². The summed E-state index contributed by atoms with van der Waals surface area (Å²) in [5.74, 6) is 0. The molecule has 0 atom stereocenters. The molecule has 1 N–H and O–H groups in total. The van der Waals surface area contributed by atoms with Gasteiger partial charge in [-0.15, -0.1) is 0 Å². The molecule has 0 amide bonds. The quantitative estimate of drug-likeness (QED) is 0.201. The van der Waals surface area contributed by atoms with Crippen LogP contribution < -0.4 is 5.32 Å². The maximum absolute atomic E-state index is 14.3. The Labute approximate surface area is 236 Å². The first kappa shape index (κ1) is 25.9. The molecule has 0 spiro atoms. The van der Waals surface area contributed by atoms with E-state index in [2.05, 4.69) is 5.32 Å². The van der Waals surface area contributed by atoms with Crippen LogP contribution in [0.25, 0.3) is 10.8 Å².